The number of anilines is 1. The predicted octanol–water partition coefficient (Wildman–Crippen LogP) is 7.21. The van der Waals surface area contributed by atoms with E-state index in [1.807, 2.05) is 6.07 Å². The van der Waals surface area contributed by atoms with Crippen LogP contribution >= 0.6 is 0 Å². The van der Waals surface area contributed by atoms with Crippen LogP contribution in [0.15, 0.2) is 18.2 Å². The van der Waals surface area contributed by atoms with E-state index in [2.05, 4.69) is 13.8 Å². The summed E-state index contributed by atoms with van der Waals surface area (Å²) in [6.07, 6.45) is 12.0. The zero-order chi connectivity index (χ0) is 21.6. The molecule has 0 aromatic heterocycles. The van der Waals surface area contributed by atoms with Crippen molar-refractivity contribution in [3.05, 3.63) is 33.9 Å². The molecule has 1 atom stereocenters. The largest absolute Gasteiger partial charge is 0.452 e. The van der Waals surface area contributed by atoms with Gasteiger partial charge in [-0.2, -0.15) is 0 Å². The Hall–Kier alpha value is -2.11. The first-order valence-electron chi connectivity index (χ1n) is 11.1. The van der Waals surface area contributed by atoms with Gasteiger partial charge in [-0.3, -0.25) is 15.0 Å². The van der Waals surface area contributed by atoms with Crippen molar-refractivity contribution in [1.82, 2.24) is 0 Å². The number of nitrogens with zero attached hydrogens (tertiary/aromatic N) is 2. The molecule has 1 unspecified atom stereocenters. The SMILES string of the molecule is CCCCCCCCCCCC(C)c1ccc(N(CC)C(=O)OC)c([N+](=O)[O-])c1. The van der Waals surface area contributed by atoms with Crippen LogP contribution in [0.1, 0.15) is 96.5 Å². The molecule has 0 radical (unpaired) electrons. The maximum Gasteiger partial charge on any atom is 0.414 e. The van der Waals surface area contributed by atoms with Crippen LogP contribution in [0.3, 0.4) is 0 Å². The normalized spacial score (nSPS) is 11.9. The number of amides is 1. The Morgan fingerprint density at radius 1 is 1.07 bits per heavy atom. The minimum atomic E-state index is -0.592. The molecule has 164 valence electrons. The molecule has 0 aliphatic rings. The summed E-state index contributed by atoms with van der Waals surface area (Å²) in [4.78, 5) is 24.4. The van der Waals surface area contributed by atoms with E-state index in [0.29, 0.717) is 6.54 Å². The monoisotopic (exact) mass is 406 g/mol. The van der Waals surface area contributed by atoms with Crippen molar-refractivity contribution in [1.29, 1.82) is 0 Å². The summed E-state index contributed by atoms with van der Waals surface area (Å²) >= 11 is 0. The molecular formula is C23H38N2O4. The lowest BCUT2D eigenvalue weighted by atomic mass is 9.93. The quantitative estimate of drug-likeness (QED) is 0.186. The van der Waals surface area contributed by atoms with E-state index in [0.717, 1.165) is 18.4 Å². The van der Waals surface area contributed by atoms with Gasteiger partial charge >= 0.3 is 6.09 Å². The highest BCUT2D eigenvalue weighted by molar-refractivity contribution is 5.90. The summed E-state index contributed by atoms with van der Waals surface area (Å²) in [5.74, 6) is 0.250. The lowest BCUT2D eigenvalue weighted by Crippen LogP contribution is -2.31. The smallest absolute Gasteiger partial charge is 0.414 e. The molecule has 6 heteroatoms. The first kappa shape index (κ1) is 24.9. The van der Waals surface area contributed by atoms with Crippen LogP contribution in [-0.4, -0.2) is 24.7 Å². The molecule has 29 heavy (non-hydrogen) atoms. The van der Waals surface area contributed by atoms with Crippen molar-refractivity contribution < 1.29 is 14.5 Å². The molecule has 6 nitrogen and oxygen atoms in total. The van der Waals surface area contributed by atoms with Crippen molar-refractivity contribution >= 4 is 17.5 Å². The summed E-state index contributed by atoms with van der Waals surface area (Å²) in [5, 5.41) is 11.6. The lowest BCUT2D eigenvalue weighted by molar-refractivity contribution is -0.384. The minimum absolute atomic E-state index is 0.0475. The van der Waals surface area contributed by atoms with E-state index in [1.54, 1.807) is 19.1 Å². The van der Waals surface area contributed by atoms with E-state index in [4.69, 9.17) is 4.74 Å². The van der Waals surface area contributed by atoms with Crippen LogP contribution in [0.2, 0.25) is 0 Å². The summed E-state index contributed by atoms with van der Waals surface area (Å²) in [7, 11) is 1.28. The average Bonchev–Trinajstić information content (AvgIpc) is 2.72. The van der Waals surface area contributed by atoms with E-state index >= 15 is 0 Å². The van der Waals surface area contributed by atoms with Gasteiger partial charge in [-0.25, -0.2) is 4.79 Å². The Kier molecular flexibility index (Phi) is 12.0. The summed E-state index contributed by atoms with van der Waals surface area (Å²) in [6.45, 7) is 6.42. The summed E-state index contributed by atoms with van der Waals surface area (Å²) in [6, 6.07) is 5.17. The molecule has 0 spiro atoms. The second kappa shape index (κ2) is 14.0. The molecule has 1 rings (SSSR count). The molecule has 1 amide bonds. The van der Waals surface area contributed by atoms with Gasteiger partial charge in [0.1, 0.15) is 5.69 Å². The third-order valence-corrected chi connectivity index (χ3v) is 5.51. The summed E-state index contributed by atoms with van der Waals surface area (Å²) in [5.41, 5.74) is 1.18. The van der Waals surface area contributed by atoms with Crippen LogP contribution in [0.5, 0.6) is 0 Å². The number of nitro groups is 1. The third kappa shape index (κ3) is 8.42. The number of hydrogen-bond acceptors (Lipinski definition) is 4. The number of methoxy groups -OCH3 is 1. The van der Waals surface area contributed by atoms with Gasteiger partial charge < -0.3 is 4.74 Å². The molecule has 0 heterocycles. The zero-order valence-corrected chi connectivity index (χ0v) is 18.6. The van der Waals surface area contributed by atoms with Crippen molar-refractivity contribution in [3.63, 3.8) is 0 Å². The van der Waals surface area contributed by atoms with Crippen molar-refractivity contribution in [2.24, 2.45) is 0 Å². The first-order valence-corrected chi connectivity index (χ1v) is 11.1. The maximum absolute atomic E-state index is 11.9. The molecule has 0 aliphatic heterocycles. The van der Waals surface area contributed by atoms with E-state index in [-0.39, 0.29) is 17.3 Å². The Labute approximate surface area is 175 Å². The molecule has 0 aliphatic carbocycles. The summed E-state index contributed by atoms with van der Waals surface area (Å²) < 4.78 is 4.75. The molecule has 1 aromatic rings. The predicted molar refractivity (Wildman–Crippen MR) is 119 cm³/mol. The lowest BCUT2D eigenvalue weighted by Gasteiger charge is -2.20. The number of carbonyl (C=O) groups excluding carboxylic acids is 1. The van der Waals surface area contributed by atoms with E-state index in [9.17, 15) is 14.9 Å². The highest BCUT2D eigenvalue weighted by atomic mass is 16.6. The second-order valence-corrected chi connectivity index (χ2v) is 7.74. The number of unbranched alkanes of at least 4 members (excludes halogenated alkanes) is 8. The van der Waals surface area contributed by atoms with Crippen LogP contribution < -0.4 is 4.90 Å². The average molecular weight is 407 g/mol. The molecule has 0 fully saturated rings. The number of hydrogen-bond donors (Lipinski definition) is 0. The zero-order valence-electron chi connectivity index (χ0n) is 18.6. The van der Waals surface area contributed by atoms with Crippen LogP contribution in [0.25, 0.3) is 0 Å². The minimum Gasteiger partial charge on any atom is -0.452 e. The van der Waals surface area contributed by atoms with Gasteiger partial charge in [0, 0.05) is 12.6 Å². The topological polar surface area (TPSA) is 72.7 Å². The van der Waals surface area contributed by atoms with Gasteiger partial charge in [0.05, 0.1) is 12.0 Å². The van der Waals surface area contributed by atoms with E-state index in [1.165, 1.54) is 63.4 Å². The van der Waals surface area contributed by atoms with Crippen LogP contribution in [0, 0.1) is 10.1 Å². The maximum atomic E-state index is 11.9. The van der Waals surface area contributed by atoms with E-state index < -0.39 is 11.0 Å². The van der Waals surface area contributed by atoms with Gasteiger partial charge in [0.15, 0.2) is 0 Å². The Morgan fingerprint density at radius 2 is 1.66 bits per heavy atom. The van der Waals surface area contributed by atoms with Crippen molar-refractivity contribution in [2.45, 2.75) is 90.9 Å². The molecule has 0 saturated heterocycles. The number of benzene rings is 1. The molecule has 0 bridgehead atoms. The molecule has 0 saturated carbocycles. The third-order valence-electron chi connectivity index (χ3n) is 5.51. The second-order valence-electron chi connectivity index (χ2n) is 7.74. The number of nitro benzene ring substituents is 1. The van der Waals surface area contributed by atoms with Gasteiger partial charge in [0.2, 0.25) is 0 Å². The first-order chi connectivity index (χ1) is 14.0. The fraction of sp³-hybridized carbons (Fsp3) is 0.696. The van der Waals surface area contributed by atoms with Crippen molar-refractivity contribution in [2.75, 3.05) is 18.6 Å². The van der Waals surface area contributed by atoms with Crippen LogP contribution in [0.4, 0.5) is 16.2 Å². The number of ether oxygens (including phenoxy) is 1. The number of rotatable bonds is 14. The van der Waals surface area contributed by atoms with Crippen LogP contribution in [-0.2, 0) is 4.74 Å². The van der Waals surface area contributed by atoms with Gasteiger partial charge in [-0.1, -0.05) is 77.7 Å². The highest BCUT2D eigenvalue weighted by Crippen LogP contribution is 2.33. The van der Waals surface area contributed by atoms with Gasteiger partial charge in [0.25, 0.3) is 5.69 Å². The molecule has 0 N–H and O–H groups in total. The fourth-order valence-electron chi connectivity index (χ4n) is 3.66. The Morgan fingerprint density at radius 3 is 2.17 bits per heavy atom. The molecule has 1 aromatic carbocycles. The standard InChI is InChI=1S/C23H38N2O4/c1-5-7-8-9-10-11-12-13-14-15-19(3)20-16-17-21(22(18-20)25(27)28)24(6-2)23(26)29-4/h16-19H,5-15H2,1-4H3. The highest BCUT2D eigenvalue weighted by Gasteiger charge is 2.25. The fourth-order valence-corrected chi connectivity index (χ4v) is 3.66. The van der Waals surface area contributed by atoms with Gasteiger partial charge in [-0.15, -0.1) is 0 Å². The van der Waals surface area contributed by atoms with Gasteiger partial charge in [-0.05, 0) is 30.9 Å². The Bertz CT molecular complexity index is 633. The van der Waals surface area contributed by atoms with Crippen molar-refractivity contribution in [3.8, 4) is 0 Å². The number of carbonyl (C=O) groups is 1. The molecular weight excluding hydrogens is 368 g/mol. The Balaban J connectivity index is 2.59.